The number of hydrogen-bond acceptors (Lipinski definition) is 4. The molecule has 0 saturated heterocycles. The van der Waals surface area contributed by atoms with Crippen LogP contribution < -0.4 is 9.47 Å². The minimum absolute atomic E-state index is 0.456. The van der Waals surface area contributed by atoms with E-state index in [1.165, 1.54) is 13.5 Å². The summed E-state index contributed by atoms with van der Waals surface area (Å²) in [7, 11) is 3.17. The van der Waals surface area contributed by atoms with Crippen LogP contribution >= 0.6 is 0 Å². The van der Waals surface area contributed by atoms with E-state index in [-0.39, 0.29) is 0 Å². The topological polar surface area (TPSA) is 43.7 Å². The summed E-state index contributed by atoms with van der Waals surface area (Å²) in [6.45, 7) is 0. The quantitative estimate of drug-likeness (QED) is 0.499. The van der Waals surface area contributed by atoms with Crippen LogP contribution in [0.25, 0.3) is 0 Å². The number of pyridine rings is 1. The van der Waals surface area contributed by atoms with Gasteiger partial charge in [0, 0.05) is 13.2 Å². The van der Waals surface area contributed by atoms with Crippen LogP contribution in [0, 0.1) is 0 Å². The zero-order chi connectivity index (χ0) is 8.81. The molecule has 0 radical (unpaired) electrons. The highest BCUT2D eigenvalue weighted by atomic mass is 16.5. The number of nitrogens with zero attached hydrogens (tertiary/aromatic N) is 2. The molecule has 0 aromatic carbocycles. The normalized spacial score (nSPS) is 10.2. The lowest BCUT2D eigenvalue weighted by atomic mass is 10.4. The third kappa shape index (κ3) is 1.95. The van der Waals surface area contributed by atoms with Crippen LogP contribution in [-0.4, -0.2) is 25.5 Å². The molecule has 0 spiro atoms. The Morgan fingerprint density at radius 2 is 2.42 bits per heavy atom. The second kappa shape index (κ2) is 4.33. The van der Waals surface area contributed by atoms with E-state index in [4.69, 9.17) is 9.47 Å². The molecule has 0 aliphatic heterocycles. The number of rotatable bonds is 3. The zero-order valence-electron chi connectivity index (χ0n) is 7.02. The Kier molecular flexibility index (Phi) is 3.07. The van der Waals surface area contributed by atoms with E-state index in [1.807, 2.05) is 0 Å². The molecule has 1 aromatic rings. The molecule has 0 saturated carbocycles. The Balaban J connectivity index is 2.81. The molecule has 0 unspecified atom stereocenters. The molecular weight excluding hydrogens is 156 g/mol. The average Bonchev–Trinajstić information content (AvgIpc) is 2.15. The van der Waals surface area contributed by atoms with Gasteiger partial charge in [0.1, 0.15) is 0 Å². The van der Waals surface area contributed by atoms with Crippen molar-refractivity contribution in [3.05, 3.63) is 18.3 Å². The third-order valence-corrected chi connectivity index (χ3v) is 1.21. The molecule has 0 aliphatic rings. The summed E-state index contributed by atoms with van der Waals surface area (Å²) in [5.41, 5.74) is 0. The molecule has 12 heavy (non-hydrogen) atoms. The van der Waals surface area contributed by atoms with Crippen LogP contribution in [0.1, 0.15) is 0 Å². The maximum absolute atomic E-state index is 5.10. The number of methoxy groups -OCH3 is 1. The summed E-state index contributed by atoms with van der Waals surface area (Å²) < 4.78 is 10.0. The summed E-state index contributed by atoms with van der Waals surface area (Å²) in [5.74, 6) is 1.02. The molecule has 1 heterocycles. The van der Waals surface area contributed by atoms with Crippen LogP contribution in [0.2, 0.25) is 0 Å². The van der Waals surface area contributed by atoms with Gasteiger partial charge in [-0.1, -0.05) is 0 Å². The van der Waals surface area contributed by atoms with Crippen molar-refractivity contribution in [2.45, 2.75) is 0 Å². The lowest BCUT2D eigenvalue weighted by Crippen LogP contribution is -1.94. The number of ether oxygens (including phenoxy) is 2. The molecule has 0 bridgehead atoms. The van der Waals surface area contributed by atoms with Crippen molar-refractivity contribution in [1.29, 1.82) is 0 Å². The molecule has 0 atom stereocenters. The molecule has 1 rings (SSSR count). The Morgan fingerprint density at radius 1 is 1.58 bits per heavy atom. The highest BCUT2D eigenvalue weighted by Gasteiger charge is 2.01. The molecule has 1 aromatic heterocycles. The molecule has 0 amide bonds. The van der Waals surface area contributed by atoms with Gasteiger partial charge in [-0.25, -0.2) is 4.98 Å². The van der Waals surface area contributed by atoms with Gasteiger partial charge in [0.15, 0.2) is 12.2 Å². The van der Waals surface area contributed by atoms with Crippen LogP contribution in [0.4, 0.5) is 0 Å². The van der Waals surface area contributed by atoms with Crippen LogP contribution in [0.15, 0.2) is 23.3 Å². The van der Waals surface area contributed by atoms with Crippen molar-refractivity contribution in [2.75, 3.05) is 14.2 Å². The molecule has 4 nitrogen and oxygen atoms in total. The fourth-order valence-corrected chi connectivity index (χ4v) is 0.729. The first kappa shape index (κ1) is 8.52. The largest absolute Gasteiger partial charge is 0.478 e. The highest BCUT2D eigenvalue weighted by molar-refractivity contribution is 5.53. The molecule has 4 heteroatoms. The fraction of sp³-hybridized carbons (Fsp3) is 0.250. The Hall–Kier alpha value is -1.58. The summed E-state index contributed by atoms with van der Waals surface area (Å²) in [6, 6.07) is 3.52. The van der Waals surface area contributed by atoms with E-state index < -0.39 is 0 Å². The maximum atomic E-state index is 5.10. The minimum atomic E-state index is 0.456. The van der Waals surface area contributed by atoms with E-state index in [0.29, 0.717) is 11.6 Å². The van der Waals surface area contributed by atoms with Crippen LogP contribution in [0.5, 0.6) is 11.6 Å². The van der Waals surface area contributed by atoms with Crippen molar-refractivity contribution in [1.82, 2.24) is 4.98 Å². The van der Waals surface area contributed by atoms with Gasteiger partial charge in [-0.2, -0.15) is 0 Å². The fourth-order valence-electron chi connectivity index (χ4n) is 0.729. The zero-order valence-corrected chi connectivity index (χ0v) is 7.02. The predicted octanol–water partition coefficient (Wildman–Crippen LogP) is 1.13. The molecular formula is C8H10N2O2. The van der Waals surface area contributed by atoms with Crippen molar-refractivity contribution < 1.29 is 9.47 Å². The van der Waals surface area contributed by atoms with E-state index >= 15 is 0 Å². The molecule has 0 fully saturated rings. The van der Waals surface area contributed by atoms with Gasteiger partial charge in [0.05, 0.1) is 7.11 Å². The van der Waals surface area contributed by atoms with Gasteiger partial charge in [0.25, 0.3) is 5.88 Å². The van der Waals surface area contributed by atoms with E-state index in [0.717, 1.165) is 0 Å². The number of hydrogen-bond donors (Lipinski definition) is 0. The van der Waals surface area contributed by atoms with Gasteiger partial charge in [-0.05, 0) is 12.1 Å². The maximum Gasteiger partial charge on any atom is 0.257 e. The van der Waals surface area contributed by atoms with Gasteiger partial charge < -0.3 is 9.47 Å². The van der Waals surface area contributed by atoms with Gasteiger partial charge in [-0.3, -0.25) is 4.99 Å². The molecule has 64 valence electrons. The average molecular weight is 166 g/mol. The van der Waals surface area contributed by atoms with Crippen LogP contribution in [0.3, 0.4) is 0 Å². The standard InChI is InChI=1S/C8H10N2O2/c1-9-6-12-7-4-3-5-10-8(7)11-2/h3-6H,1-2H3/b9-6-. The third-order valence-electron chi connectivity index (χ3n) is 1.21. The Morgan fingerprint density at radius 3 is 3.08 bits per heavy atom. The second-order valence-corrected chi connectivity index (χ2v) is 1.99. The van der Waals surface area contributed by atoms with E-state index in [2.05, 4.69) is 9.98 Å². The van der Waals surface area contributed by atoms with Crippen LogP contribution in [-0.2, 0) is 0 Å². The van der Waals surface area contributed by atoms with E-state index in [1.54, 1.807) is 25.4 Å². The first-order valence-electron chi connectivity index (χ1n) is 3.44. The summed E-state index contributed by atoms with van der Waals surface area (Å²) in [4.78, 5) is 7.62. The van der Waals surface area contributed by atoms with Crippen molar-refractivity contribution in [3.8, 4) is 11.6 Å². The Bertz CT molecular complexity index is 274. The first-order chi connectivity index (χ1) is 5.88. The first-order valence-corrected chi connectivity index (χ1v) is 3.44. The molecule has 0 N–H and O–H groups in total. The van der Waals surface area contributed by atoms with Crippen molar-refractivity contribution in [3.63, 3.8) is 0 Å². The smallest absolute Gasteiger partial charge is 0.257 e. The Labute approximate surface area is 70.9 Å². The van der Waals surface area contributed by atoms with Crippen molar-refractivity contribution in [2.24, 2.45) is 4.99 Å². The van der Waals surface area contributed by atoms with Gasteiger partial charge >= 0.3 is 0 Å². The van der Waals surface area contributed by atoms with E-state index in [9.17, 15) is 0 Å². The summed E-state index contributed by atoms with van der Waals surface area (Å²) in [6.07, 6.45) is 2.97. The summed E-state index contributed by atoms with van der Waals surface area (Å²) >= 11 is 0. The van der Waals surface area contributed by atoms with Crippen molar-refractivity contribution >= 4 is 6.40 Å². The van der Waals surface area contributed by atoms with Gasteiger partial charge in [0.2, 0.25) is 0 Å². The number of aliphatic imine (C=N–C) groups is 1. The predicted molar refractivity (Wildman–Crippen MR) is 45.8 cm³/mol. The molecule has 0 aliphatic carbocycles. The summed E-state index contributed by atoms with van der Waals surface area (Å²) in [5, 5.41) is 0. The highest BCUT2D eigenvalue weighted by Crippen LogP contribution is 2.21. The van der Waals surface area contributed by atoms with Gasteiger partial charge in [-0.15, -0.1) is 0 Å². The number of aromatic nitrogens is 1. The lowest BCUT2D eigenvalue weighted by Gasteiger charge is -2.03. The lowest BCUT2D eigenvalue weighted by molar-refractivity contribution is 0.377. The minimum Gasteiger partial charge on any atom is -0.478 e. The SMILES string of the molecule is C/N=C\Oc1cccnc1OC. The monoisotopic (exact) mass is 166 g/mol. The second-order valence-electron chi connectivity index (χ2n) is 1.99.